The van der Waals surface area contributed by atoms with Gasteiger partial charge in [0.1, 0.15) is 0 Å². The molecule has 0 bridgehead atoms. The standard InChI is InChI=1S/C13H25NO/c1-13-7-6-11(10-15-3)9-12(13)5-4-8-14(13)2/h11-12H,4-10H2,1-3H3. The number of rotatable bonds is 2. The van der Waals surface area contributed by atoms with Crippen LogP contribution in [0.5, 0.6) is 0 Å². The molecule has 0 aromatic carbocycles. The van der Waals surface area contributed by atoms with Gasteiger partial charge in [-0.15, -0.1) is 0 Å². The van der Waals surface area contributed by atoms with E-state index in [-0.39, 0.29) is 0 Å². The molecular weight excluding hydrogens is 186 g/mol. The van der Waals surface area contributed by atoms with Crippen molar-refractivity contribution in [1.29, 1.82) is 0 Å². The zero-order valence-corrected chi connectivity index (χ0v) is 10.5. The summed E-state index contributed by atoms with van der Waals surface area (Å²) in [5.41, 5.74) is 0.489. The molecule has 0 aromatic heterocycles. The predicted octanol–water partition coefficient (Wildman–Crippen LogP) is 2.53. The molecule has 0 radical (unpaired) electrons. The highest BCUT2D eigenvalue weighted by Crippen LogP contribution is 2.45. The topological polar surface area (TPSA) is 12.5 Å². The number of nitrogens with zero attached hydrogens (tertiary/aromatic N) is 1. The third-order valence-corrected chi connectivity index (χ3v) is 4.88. The summed E-state index contributed by atoms with van der Waals surface area (Å²) >= 11 is 0. The van der Waals surface area contributed by atoms with Crippen LogP contribution in [0.15, 0.2) is 0 Å². The molecule has 0 N–H and O–H groups in total. The largest absolute Gasteiger partial charge is 0.384 e. The minimum Gasteiger partial charge on any atom is -0.384 e. The number of hydrogen-bond acceptors (Lipinski definition) is 2. The van der Waals surface area contributed by atoms with Crippen molar-refractivity contribution in [2.45, 2.75) is 44.6 Å². The lowest BCUT2D eigenvalue weighted by atomic mass is 9.66. The molecule has 1 saturated carbocycles. The molecule has 2 fully saturated rings. The Morgan fingerprint density at radius 1 is 1.40 bits per heavy atom. The highest BCUT2D eigenvalue weighted by molar-refractivity contribution is 4.98. The number of hydrogen-bond donors (Lipinski definition) is 0. The Labute approximate surface area is 94.0 Å². The number of piperidine rings is 1. The zero-order chi connectivity index (χ0) is 10.9. The Morgan fingerprint density at radius 2 is 2.20 bits per heavy atom. The molecule has 1 saturated heterocycles. The van der Waals surface area contributed by atoms with Crippen LogP contribution in [-0.2, 0) is 4.74 Å². The zero-order valence-electron chi connectivity index (χ0n) is 10.5. The first-order chi connectivity index (χ1) is 7.16. The van der Waals surface area contributed by atoms with Gasteiger partial charge in [0.05, 0.1) is 0 Å². The van der Waals surface area contributed by atoms with E-state index in [0.717, 1.165) is 18.4 Å². The fourth-order valence-corrected chi connectivity index (χ4v) is 3.62. The Hall–Kier alpha value is -0.0800. The van der Waals surface area contributed by atoms with E-state index in [0.29, 0.717) is 5.54 Å². The average Bonchev–Trinajstić information content (AvgIpc) is 2.22. The second-order valence-electron chi connectivity index (χ2n) is 5.71. The van der Waals surface area contributed by atoms with Crippen LogP contribution < -0.4 is 0 Å². The smallest absolute Gasteiger partial charge is 0.0490 e. The van der Waals surface area contributed by atoms with Gasteiger partial charge < -0.3 is 9.64 Å². The summed E-state index contributed by atoms with van der Waals surface area (Å²) in [5, 5.41) is 0. The first-order valence-corrected chi connectivity index (χ1v) is 6.37. The maximum Gasteiger partial charge on any atom is 0.0490 e. The van der Waals surface area contributed by atoms with E-state index < -0.39 is 0 Å². The van der Waals surface area contributed by atoms with Gasteiger partial charge in [-0.3, -0.25) is 0 Å². The molecule has 15 heavy (non-hydrogen) atoms. The van der Waals surface area contributed by atoms with Crippen molar-refractivity contribution in [3.63, 3.8) is 0 Å². The quantitative estimate of drug-likeness (QED) is 0.696. The Balaban J connectivity index is 2.01. The van der Waals surface area contributed by atoms with Crippen molar-refractivity contribution in [1.82, 2.24) is 4.90 Å². The van der Waals surface area contributed by atoms with E-state index >= 15 is 0 Å². The third kappa shape index (κ3) is 2.07. The molecule has 2 rings (SSSR count). The average molecular weight is 211 g/mol. The molecule has 3 unspecified atom stereocenters. The van der Waals surface area contributed by atoms with E-state index in [9.17, 15) is 0 Å². The molecule has 88 valence electrons. The van der Waals surface area contributed by atoms with Gasteiger partial charge in [0.25, 0.3) is 0 Å². The van der Waals surface area contributed by atoms with Crippen molar-refractivity contribution in [3.05, 3.63) is 0 Å². The van der Waals surface area contributed by atoms with E-state index in [1.165, 1.54) is 38.6 Å². The lowest BCUT2D eigenvalue weighted by molar-refractivity contribution is -0.0307. The number of likely N-dealkylation sites (tertiary alicyclic amines) is 1. The summed E-state index contributed by atoms with van der Waals surface area (Å²) in [4.78, 5) is 2.60. The van der Waals surface area contributed by atoms with Crippen LogP contribution in [0, 0.1) is 11.8 Å². The highest BCUT2D eigenvalue weighted by atomic mass is 16.5. The fourth-order valence-electron chi connectivity index (χ4n) is 3.62. The molecule has 0 aromatic rings. The predicted molar refractivity (Wildman–Crippen MR) is 63.0 cm³/mol. The normalized spacial score (nSPS) is 42.6. The summed E-state index contributed by atoms with van der Waals surface area (Å²) < 4.78 is 5.31. The van der Waals surface area contributed by atoms with E-state index in [1.54, 1.807) is 0 Å². The van der Waals surface area contributed by atoms with Gasteiger partial charge in [0.2, 0.25) is 0 Å². The van der Waals surface area contributed by atoms with Crippen molar-refractivity contribution in [2.24, 2.45) is 11.8 Å². The Bertz CT molecular complexity index is 219. The van der Waals surface area contributed by atoms with E-state index in [2.05, 4.69) is 18.9 Å². The maximum absolute atomic E-state index is 5.31. The molecular formula is C13H25NO. The lowest BCUT2D eigenvalue weighted by Gasteiger charge is -2.53. The molecule has 2 aliphatic rings. The van der Waals surface area contributed by atoms with Gasteiger partial charge in [0, 0.05) is 19.3 Å². The van der Waals surface area contributed by atoms with Crippen LogP contribution >= 0.6 is 0 Å². The van der Waals surface area contributed by atoms with Crippen LogP contribution in [0.2, 0.25) is 0 Å². The van der Waals surface area contributed by atoms with Gasteiger partial charge in [-0.1, -0.05) is 0 Å². The van der Waals surface area contributed by atoms with Crippen LogP contribution in [0.1, 0.15) is 39.0 Å². The van der Waals surface area contributed by atoms with Gasteiger partial charge in [0.15, 0.2) is 0 Å². The third-order valence-electron chi connectivity index (χ3n) is 4.88. The summed E-state index contributed by atoms with van der Waals surface area (Å²) in [6.45, 7) is 4.73. The first-order valence-electron chi connectivity index (χ1n) is 6.37. The molecule has 3 atom stereocenters. The van der Waals surface area contributed by atoms with E-state index in [1.807, 2.05) is 7.11 Å². The lowest BCUT2D eigenvalue weighted by Crippen LogP contribution is -2.56. The van der Waals surface area contributed by atoms with Crippen LogP contribution in [0.25, 0.3) is 0 Å². The van der Waals surface area contributed by atoms with Crippen LogP contribution in [-0.4, -0.2) is 37.7 Å². The molecule has 0 amide bonds. The first kappa shape index (κ1) is 11.4. The monoisotopic (exact) mass is 211 g/mol. The van der Waals surface area contributed by atoms with Crippen LogP contribution in [0.3, 0.4) is 0 Å². The number of methoxy groups -OCH3 is 1. The fraction of sp³-hybridized carbons (Fsp3) is 1.00. The van der Waals surface area contributed by atoms with Crippen molar-refractivity contribution in [2.75, 3.05) is 27.3 Å². The summed E-state index contributed by atoms with van der Waals surface area (Å²) in [7, 11) is 4.14. The Morgan fingerprint density at radius 3 is 2.93 bits per heavy atom. The minimum atomic E-state index is 0.489. The second kappa shape index (κ2) is 4.42. The molecule has 2 nitrogen and oxygen atoms in total. The molecule has 0 spiro atoms. The minimum absolute atomic E-state index is 0.489. The number of ether oxygens (including phenoxy) is 1. The van der Waals surface area contributed by atoms with Gasteiger partial charge in [-0.2, -0.15) is 0 Å². The van der Waals surface area contributed by atoms with E-state index in [4.69, 9.17) is 4.74 Å². The number of fused-ring (bicyclic) bond motifs is 1. The summed E-state index contributed by atoms with van der Waals surface area (Å²) in [6, 6.07) is 0. The molecule has 1 heterocycles. The van der Waals surface area contributed by atoms with Gasteiger partial charge >= 0.3 is 0 Å². The molecule has 1 aliphatic carbocycles. The second-order valence-corrected chi connectivity index (χ2v) is 5.71. The Kier molecular flexibility index (Phi) is 3.36. The van der Waals surface area contributed by atoms with Gasteiger partial charge in [-0.25, -0.2) is 0 Å². The molecule has 2 heteroatoms. The van der Waals surface area contributed by atoms with Crippen LogP contribution in [0.4, 0.5) is 0 Å². The maximum atomic E-state index is 5.31. The highest BCUT2D eigenvalue weighted by Gasteiger charge is 2.44. The van der Waals surface area contributed by atoms with Crippen molar-refractivity contribution < 1.29 is 4.74 Å². The summed E-state index contributed by atoms with van der Waals surface area (Å²) in [6.07, 6.45) is 6.92. The summed E-state index contributed by atoms with van der Waals surface area (Å²) in [5.74, 6) is 1.73. The van der Waals surface area contributed by atoms with Crippen molar-refractivity contribution >= 4 is 0 Å². The van der Waals surface area contributed by atoms with Crippen molar-refractivity contribution in [3.8, 4) is 0 Å². The SMILES string of the molecule is COCC1CCC2(C)C(CCCN2C)C1. The molecule has 1 aliphatic heterocycles. The van der Waals surface area contributed by atoms with Gasteiger partial charge in [-0.05, 0) is 64.5 Å².